The minimum Gasteiger partial charge on any atom is -0.297 e. The van der Waals surface area contributed by atoms with Gasteiger partial charge < -0.3 is 0 Å². The van der Waals surface area contributed by atoms with E-state index in [1.807, 2.05) is 0 Å². The van der Waals surface area contributed by atoms with E-state index in [1.165, 1.54) is 8.42 Å². The maximum atomic E-state index is 12.2. The Morgan fingerprint density at radius 3 is 1.88 bits per heavy atom. The lowest BCUT2D eigenvalue weighted by molar-refractivity contribution is -0.118. The summed E-state index contributed by atoms with van der Waals surface area (Å²) in [7, 11) is 0. The van der Waals surface area contributed by atoms with Crippen LogP contribution >= 0.6 is 58.4 Å². The van der Waals surface area contributed by atoms with Crippen molar-refractivity contribution in [2.24, 2.45) is 0 Å². The molecule has 0 N–H and O–H groups in total. The number of Topliss-reactive ketones (excluding diaryl/α,β-unsaturated/α-hetero) is 1. The van der Waals surface area contributed by atoms with Crippen LogP contribution in [0.1, 0.15) is 26.7 Å². The maximum absolute atomic E-state index is 12.2. The normalized spacial score (nSPS) is 25.2. The smallest absolute Gasteiger partial charge is 0.159 e. The third-order valence-corrected chi connectivity index (χ3v) is 8.64. The highest BCUT2D eigenvalue weighted by atomic mass is 32.2. The van der Waals surface area contributed by atoms with Gasteiger partial charge in [0.1, 0.15) is 3.14 Å². The van der Waals surface area contributed by atoms with Gasteiger partial charge in [0.05, 0.1) is 18.9 Å². The Labute approximate surface area is 117 Å². The number of thioether (sulfide) groups is 2. The average Bonchev–Trinajstić information content (AvgIpc) is 2.56. The summed E-state index contributed by atoms with van der Waals surface area (Å²) >= 11 is 12.0. The van der Waals surface area contributed by atoms with Gasteiger partial charge in [-0.05, 0) is 12.8 Å². The largest absolute Gasteiger partial charge is 0.297 e. The van der Waals surface area contributed by atoms with Crippen molar-refractivity contribution >= 4 is 64.2 Å². The zero-order chi connectivity index (χ0) is 11.7. The molecule has 1 aliphatic heterocycles. The minimum absolute atomic E-state index is 0.124. The number of ketones is 1. The first-order valence-corrected chi connectivity index (χ1v) is 8.96. The van der Waals surface area contributed by atoms with Gasteiger partial charge in [-0.15, -0.1) is 46.2 Å². The van der Waals surface area contributed by atoms with Gasteiger partial charge in [0.25, 0.3) is 0 Å². The molecule has 0 saturated heterocycles. The first-order chi connectivity index (χ1) is 7.65. The predicted molar refractivity (Wildman–Crippen MR) is 77.9 cm³/mol. The van der Waals surface area contributed by atoms with Crippen LogP contribution in [0.4, 0.5) is 0 Å². The van der Waals surface area contributed by atoms with Gasteiger partial charge in [0, 0.05) is 0 Å². The summed E-state index contributed by atoms with van der Waals surface area (Å²) in [5.41, 5.74) is 0. The van der Waals surface area contributed by atoms with E-state index in [1.54, 1.807) is 46.2 Å². The van der Waals surface area contributed by atoms with E-state index in [0.29, 0.717) is 5.78 Å². The molecule has 0 saturated carbocycles. The van der Waals surface area contributed by atoms with Gasteiger partial charge >= 0.3 is 0 Å². The molecule has 0 spiro atoms. The molecule has 0 aromatic carbocycles. The topological polar surface area (TPSA) is 17.1 Å². The second-order valence-electron chi connectivity index (χ2n) is 3.46. The first kappa shape index (κ1) is 13.1. The molecule has 1 aliphatic rings. The molecule has 0 amide bonds. The van der Waals surface area contributed by atoms with Crippen molar-refractivity contribution in [3.8, 4) is 0 Å². The van der Waals surface area contributed by atoms with E-state index >= 15 is 0 Å². The van der Waals surface area contributed by atoms with Crippen LogP contribution in [0.2, 0.25) is 0 Å². The van der Waals surface area contributed by atoms with Crippen molar-refractivity contribution in [1.82, 2.24) is 0 Å². The Bertz CT molecular complexity index is 410. The standard InChI is InChI=1S/C10H12OS5/c1-3-5-7(11)6(4-2)14-9-8(13-5)15-10(12)16-9/h5-6H,3-4H2,1-2H3/t5-,6-/m1/s1. The number of rotatable bonds is 2. The molecule has 16 heavy (non-hydrogen) atoms. The summed E-state index contributed by atoms with van der Waals surface area (Å²) in [6, 6.07) is 0. The highest BCUT2D eigenvalue weighted by molar-refractivity contribution is 8.07. The monoisotopic (exact) mass is 308 g/mol. The van der Waals surface area contributed by atoms with Crippen LogP contribution in [0, 0.1) is 3.14 Å². The summed E-state index contributed by atoms with van der Waals surface area (Å²) in [4.78, 5) is 12.2. The first-order valence-electron chi connectivity index (χ1n) is 5.16. The third-order valence-electron chi connectivity index (χ3n) is 2.39. The minimum atomic E-state index is 0.124. The predicted octanol–water partition coefficient (Wildman–Crippen LogP) is 4.86. The Hall–Kier alpha value is 0.640. The molecule has 2 atom stereocenters. The van der Waals surface area contributed by atoms with E-state index in [2.05, 4.69) is 13.8 Å². The van der Waals surface area contributed by atoms with Gasteiger partial charge in [-0.2, -0.15) is 0 Å². The molecule has 0 aliphatic carbocycles. The average molecular weight is 309 g/mol. The summed E-state index contributed by atoms with van der Waals surface area (Å²) in [6.45, 7) is 4.17. The highest BCUT2D eigenvalue weighted by Gasteiger charge is 2.32. The van der Waals surface area contributed by atoms with Gasteiger partial charge in [-0.25, -0.2) is 0 Å². The Morgan fingerprint density at radius 1 is 1.06 bits per heavy atom. The lowest BCUT2D eigenvalue weighted by atomic mass is 10.1. The number of carbonyl (C=O) groups excluding carboxylic acids is 1. The van der Waals surface area contributed by atoms with Gasteiger partial charge in [-0.1, -0.05) is 26.1 Å². The zero-order valence-corrected chi connectivity index (χ0v) is 13.1. The molecule has 2 rings (SSSR count). The number of hydrogen-bond acceptors (Lipinski definition) is 6. The molecular formula is C10H12OS5. The van der Waals surface area contributed by atoms with Crippen LogP contribution in [-0.2, 0) is 4.79 Å². The molecule has 1 aromatic rings. The van der Waals surface area contributed by atoms with Crippen molar-refractivity contribution in [2.45, 2.75) is 45.6 Å². The van der Waals surface area contributed by atoms with Crippen molar-refractivity contribution in [2.75, 3.05) is 0 Å². The molecule has 0 bridgehead atoms. The van der Waals surface area contributed by atoms with Crippen molar-refractivity contribution in [1.29, 1.82) is 0 Å². The van der Waals surface area contributed by atoms with E-state index in [4.69, 9.17) is 12.2 Å². The molecule has 0 radical (unpaired) electrons. The fourth-order valence-electron chi connectivity index (χ4n) is 1.55. The van der Waals surface area contributed by atoms with E-state index in [0.717, 1.165) is 16.0 Å². The number of hydrogen-bond donors (Lipinski definition) is 0. The third kappa shape index (κ3) is 2.56. The van der Waals surface area contributed by atoms with Crippen LogP contribution in [0.25, 0.3) is 0 Å². The van der Waals surface area contributed by atoms with Gasteiger partial charge in [0.15, 0.2) is 5.78 Å². The van der Waals surface area contributed by atoms with Gasteiger partial charge in [0.2, 0.25) is 0 Å². The van der Waals surface area contributed by atoms with E-state index in [9.17, 15) is 4.79 Å². The fourth-order valence-corrected chi connectivity index (χ4v) is 8.17. The van der Waals surface area contributed by atoms with Gasteiger partial charge in [-0.3, -0.25) is 4.79 Å². The SMILES string of the molecule is CC[C@H]1Sc2sc(=S)sc2S[C@H](CC)C1=O. The van der Waals surface area contributed by atoms with Crippen LogP contribution < -0.4 is 0 Å². The van der Waals surface area contributed by atoms with Crippen LogP contribution in [-0.4, -0.2) is 16.3 Å². The Morgan fingerprint density at radius 2 is 1.50 bits per heavy atom. The molecule has 0 unspecified atom stereocenters. The number of fused-ring (bicyclic) bond motifs is 1. The lowest BCUT2D eigenvalue weighted by Gasteiger charge is -2.14. The Balaban J connectivity index is 2.38. The molecule has 0 fully saturated rings. The molecule has 1 aromatic heterocycles. The quantitative estimate of drug-likeness (QED) is 0.725. The molecule has 1 nitrogen and oxygen atoms in total. The van der Waals surface area contributed by atoms with Crippen LogP contribution in [0.15, 0.2) is 8.42 Å². The van der Waals surface area contributed by atoms with Crippen molar-refractivity contribution < 1.29 is 4.79 Å². The second kappa shape index (κ2) is 5.52. The molecule has 88 valence electrons. The van der Waals surface area contributed by atoms with Crippen LogP contribution in [0.5, 0.6) is 0 Å². The van der Waals surface area contributed by atoms with E-state index < -0.39 is 0 Å². The zero-order valence-electron chi connectivity index (χ0n) is 9.02. The van der Waals surface area contributed by atoms with Crippen LogP contribution in [0.3, 0.4) is 0 Å². The molecular weight excluding hydrogens is 296 g/mol. The lowest BCUT2D eigenvalue weighted by Crippen LogP contribution is -2.25. The molecule has 6 heteroatoms. The highest BCUT2D eigenvalue weighted by Crippen LogP contribution is 2.48. The summed E-state index contributed by atoms with van der Waals surface area (Å²) in [6.07, 6.45) is 1.82. The van der Waals surface area contributed by atoms with Crippen molar-refractivity contribution in [3.63, 3.8) is 0 Å². The maximum Gasteiger partial charge on any atom is 0.159 e. The second-order valence-corrected chi connectivity index (χ2v) is 9.63. The number of carbonyl (C=O) groups is 1. The Kier molecular flexibility index (Phi) is 4.51. The summed E-state index contributed by atoms with van der Waals surface area (Å²) in [5.74, 6) is 0.404. The summed E-state index contributed by atoms with van der Waals surface area (Å²) in [5, 5.41) is 0.248. The van der Waals surface area contributed by atoms with Crippen molar-refractivity contribution in [3.05, 3.63) is 3.14 Å². The molecule has 2 heterocycles. The summed E-state index contributed by atoms with van der Waals surface area (Å²) < 4.78 is 3.50. The fraction of sp³-hybridized carbons (Fsp3) is 0.600. The van der Waals surface area contributed by atoms with E-state index in [-0.39, 0.29) is 10.5 Å².